The van der Waals surface area contributed by atoms with E-state index in [4.69, 9.17) is 19.7 Å². The van der Waals surface area contributed by atoms with Gasteiger partial charge in [-0.15, -0.1) is 5.06 Å². The third-order valence-corrected chi connectivity index (χ3v) is 5.47. The number of fused-ring (bicyclic) bond motifs is 1. The molecule has 2 aromatic rings. The molecule has 1 N–H and O–H groups in total. The summed E-state index contributed by atoms with van der Waals surface area (Å²) >= 11 is 3.46. The summed E-state index contributed by atoms with van der Waals surface area (Å²) in [6.45, 7) is 3.80. The number of halogens is 1. The molecule has 0 saturated heterocycles. The number of nitrogens with zero attached hydrogens (tertiary/aromatic N) is 3. The number of amidine groups is 2. The van der Waals surface area contributed by atoms with E-state index >= 15 is 0 Å². The summed E-state index contributed by atoms with van der Waals surface area (Å²) < 4.78 is 12.1. The highest BCUT2D eigenvalue weighted by molar-refractivity contribution is 9.10. The topological polar surface area (TPSA) is 127 Å². The van der Waals surface area contributed by atoms with Crippen LogP contribution in [0.2, 0.25) is 0 Å². The van der Waals surface area contributed by atoms with Crippen LogP contribution in [-0.4, -0.2) is 34.2 Å². The van der Waals surface area contributed by atoms with Gasteiger partial charge >= 0.3 is 0 Å². The number of hydrogen-bond donors (Lipinski definition) is 1. The lowest BCUT2D eigenvalue weighted by molar-refractivity contribution is -0.385. The molecule has 0 bridgehead atoms. The quantitative estimate of drug-likeness (QED) is 0.312. The number of para-hydroxylation sites is 1. The highest BCUT2D eigenvalue weighted by Crippen LogP contribution is 2.39. The number of amides is 1. The maximum Gasteiger partial charge on any atom is 0.282 e. The van der Waals surface area contributed by atoms with E-state index in [-0.39, 0.29) is 29.5 Å². The van der Waals surface area contributed by atoms with Crippen LogP contribution >= 0.6 is 15.9 Å². The van der Waals surface area contributed by atoms with E-state index in [0.717, 1.165) is 0 Å². The minimum Gasteiger partial charge on any atom is -0.490 e. The van der Waals surface area contributed by atoms with Gasteiger partial charge in [0.05, 0.1) is 27.1 Å². The average molecular weight is 527 g/mol. The molecule has 0 atom stereocenters. The number of carbonyl (C=O) groups is 1. The molecule has 174 valence electrons. The summed E-state index contributed by atoms with van der Waals surface area (Å²) in [6, 6.07) is 9.68. The molecule has 0 aliphatic carbocycles. The number of nitro groups is 1. The Labute approximate surface area is 202 Å². The zero-order valence-electron chi connectivity index (χ0n) is 18.2. The number of carbonyl (C=O) groups excluding carboxylic acids is 1. The second-order valence-electron chi connectivity index (χ2n) is 7.26. The van der Waals surface area contributed by atoms with Crippen molar-refractivity contribution >= 4 is 45.3 Å². The summed E-state index contributed by atoms with van der Waals surface area (Å²) in [6.07, 6.45) is 3.09. The molecule has 0 radical (unpaired) electrons. The first-order chi connectivity index (χ1) is 16.3. The van der Waals surface area contributed by atoms with E-state index in [1.165, 1.54) is 17.2 Å². The molecular formula is C23H19BrN4O6. The van der Waals surface area contributed by atoms with Crippen LogP contribution in [0.5, 0.6) is 11.5 Å². The van der Waals surface area contributed by atoms with Crippen LogP contribution in [0.1, 0.15) is 25.0 Å². The van der Waals surface area contributed by atoms with Crippen LogP contribution in [0.3, 0.4) is 0 Å². The van der Waals surface area contributed by atoms with Crippen molar-refractivity contribution in [3.8, 4) is 11.5 Å². The lowest BCUT2D eigenvalue weighted by atomic mass is 10.1. The summed E-state index contributed by atoms with van der Waals surface area (Å²) in [7, 11) is 0. The predicted octanol–water partition coefficient (Wildman–Crippen LogP) is 4.79. The molecular weight excluding hydrogens is 508 g/mol. The van der Waals surface area contributed by atoms with Crippen LogP contribution < -0.4 is 9.47 Å². The lowest BCUT2D eigenvalue weighted by Gasteiger charge is -2.23. The van der Waals surface area contributed by atoms with E-state index in [1.54, 1.807) is 43.3 Å². The molecule has 34 heavy (non-hydrogen) atoms. The van der Waals surface area contributed by atoms with Gasteiger partial charge in [-0.05, 0) is 59.6 Å². The Morgan fingerprint density at radius 2 is 2.06 bits per heavy atom. The van der Waals surface area contributed by atoms with E-state index in [1.807, 2.05) is 6.92 Å². The summed E-state index contributed by atoms with van der Waals surface area (Å²) in [5, 5.41) is 20.8. The molecule has 10 nitrogen and oxygen atoms in total. The zero-order chi connectivity index (χ0) is 24.4. The molecule has 0 saturated carbocycles. The van der Waals surface area contributed by atoms with E-state index < -0.39 is 10.8 Å². The molecule has 2 heterocycles. The van der Waals surface area contributed by atoms with Crippen molar-refractivity contribution in [2.75, 3.05) is 6.61 Å². The molecule has 0 spiro atoms. The fourth-order valence-electron chi connectivity index (χ4n) is 3.40. The number of benzene rings is 2. The van der Waals surface area contributed by atoms with Crippen molar-refractivity contribution in [2.45, 2.75) is 20.5 Å². The van der Waals surface area contributed by atoms with Crippen molar-refractivity contribution in [1.29, 1.82) is 5.41 Å². The Morgan fingerprint density at radius 3 is 2.79 bits per heavy atom. The smallest absolute Gasteiger partial charge is 0.282 e. The predicted molar refractivity (Wildman–Crippen MR) is 128 cm³/mol. The van der Waals surface area contributed by atoms with Crippen LogP contribution in [-0.2, 0) is 16.2 Å². The second kappa shape index (κ2) is 9.48. The highest BCUT2D eigenvalue weighted by Gasteiger charge is 2.34. The molecule has 0 fully saturated rings. The molecule has 2 aliphatic heterocycles. The number of rotatable bonds is 7. The van der Waals surface area contributed by atoms with Gasteiger partial charge in [-0.2, -0.15) is 4.99 Å². The number of aliphatic imine (C=N–C) groups is 1. The minimum absolute atomic E-state index is 0.0407. The molecule has 0 unspecified atom stereocenters. The van der Waals surface area contributed by atoms with Gasteiger partial charge in [0.1, 0.15) is 12.4 Å². The molecule has 2 aliphatic rings. The Balaban J connectivity index is 1.64. The first-order valence-electron chi connectivity index (χ1n) is 10.2. The van der Waals surface area contributed by atoms with Crippen molar-refractivity contribution in [3.63, 3.8) is 0 Å². The van der Waals surface area contributed by atoms with Crippen molar-refractivity contribution < 1.29 is 24.0 Å². The summed E-state index contributed by atoms with van der Waals surface area (Å²) in [5.41, 5.74) is 0.984. The molecule has 11 heteroatoms. The maximum absolute atomic E-state index is 12.5. The molecule has 2 aromatic carbocycles. The second-order valence-corrected chi connectivity index (χ2v) is 8.11. The first kappa shape index (κ1) is 23.2. The van der Waals surface area contributed by atoms with Crippen LogP contribution in [0.15, 0.2) is 63.3 Å². The van der Waals surface area contributed by atoms with Gasteiger partial charge in [0.25, 0.3) is 11.6 Å². The summed E-state index contributed by atoms with van der Waals surface area (Å²) in [4.78, 5) is 32.8. The van der Waals surface area contributed by atoms with Gasteiger partial charge in [0, 0.05) is 12.1 Å². The summed E-state index contributed by atoms with van der Waals surface area (Å²) in [5.74, 6) is 0.829. The number of hydroxylamine groups is 2. The van der Waals surface area contributed by atoms with E-state index in [0.29, 0.717) is 39.5 Å². The zero-order valence-corrected chi connectivity index (χ0v) is 19.8. The van der Waals surface area contributed by atoms with Crippen molar-refractivity contribution in [3.05, 3.63) is 79.5 Å². The van der Waals surface area contributed by atoms with Gasteiger partial charge in [0.15, 0.2) is 23.2 Å². The van der Waals surface area contributed by atoms with Crippen molar-refractivity contribution in [2.24, 2.45) is 4.99 Å². The average Bonchev–Trinajstić information content (AvgIpc) is 3.16. The Bertz CT molecular complexity index is 1300. The van der Waals surface area contributed by atoms with Crippen molar-refractivity contribution in [1.82, 2.24) is 5.06 Å². The van der Waals surface area contributed by atoms with Crippen LogP contribution in [0.25, 0.3) is 6.08 Å². The number of nitrogens with one attached hydrogen (secondary N) is 1. The first-order valence-corrected chi connectivity index (χ1v) is 11.0. The minimum atomic E-state index is -0.559. The van der Waals surface area contributed by atoms with Gasteiger partial charge < -0.3 is 14.3 Å². The third-order valence-electron chi connectivity index (χ3n) is 4.88. The number of ether oxygens (including phenoxy) is 2. The van der Waals surface area contributed by atoms with E-state index in [2.05, 4.69) is 20.9 Å². The Hall–Kier alpha value is -3.99. The molecule has 1 amide bonds. The SMILES string of the molecule is CCOc1cc(/C=C2/C(=N)N3OC(C)=CC3=NC2=O)cc(Br)c1OCc1ccccc1[N+](=O)[O-]. The Morgan fingerprint density at radius 1 is 1.29 bits per heavy atom. The van der Waals surface area contributed by atoms with Gasteiger partial charge in [0.2, 0.25) is 0 Å². The van der Waals surface area contributed by atoms with E-state index in [9.17, 15) is 14.9 Å². The fraction of sp³-hybridized carbons (Fsp3) is 0.174. The van der Waals surface area contributed by atoms with Gasteiger partial charge in [-0.25, -0.2) is 0 Å². The third kappa shape index (κ3) is 4.55. The monoisotopic (exact) mass is 526 g/mol. The number of nitro benzene ring substituents is 1. The lowest BCUT2D eigenvalue weighted by Crippen LogP contribution is -2.38. The van der Waals surface area contributed by atoms with Crippen LogP contribution in [0, 0.1) is 15.5 Å². The Kier molecular flexibility index (Phi) is 6.46. The van der Waals surface area contributed by atoms with Crippen LogP contribution in [0.4, 0.5) is 5.69 Å². The highest BCUT2D eigenvalue weighted by atomic mass is 79.9. The van der Waals surface area contributed by atoms with Gasteiger partial charge in [-0.3, -0.25) is 20.3 Å². The normalized spacial score (nSPS) is 16.1. The molecule has 0 aromatic heterocycles. The largest absolute Gasteiger partial charge is 0.490 e. The molecule has 4 rings (SSSR count). The number of hydrogen-bond acceptors (Lipinski definition) is 7. The standard InChI is InChI=1S/C23H19BrN4O6/c1-3-32-19-11-14(9-16-22(25)27-20(26-23(16)29)8-13(2)34-27)10-17(24)21(19)33-12-15-6-4-5-7-18(15)28(30)31/h4-11,25H,3,12H2,1-2H3/b16-9-,25-22?. The van der Waals surface area contributed by atoms with Gasteiger partial charge in [-0.1, -0.05) is 12.1 Å². The fourth-order valence-corrected chi connectivity index (χ4v) is 3.98. The number of allylic oxidation sites excluding steroid dienone is 1. The maximum atomic E-state index is 12.5.